The summed E-state index contributed by atoms with van der Waals surface area (Å²) in [5, 5.41) is 6.16. The van der Waals surface area contributed by atoms with Gasteiger partial charge in [-0.2, -0.15) is 0 Å². The normalized spacial score (nSPS) is 13.4. The van der Waals surface area contributed by atoms with Crippen LogP contribution in [0.5, 0.6) is 0 Å². The highest BCUT2D eigenvalue weighted by molar-refractivity contribution is 8.00. The highest BCUT2D eigenvalue weighted by Crippen LogP contribution is 2.21. The van der Waals surface area contributed by atoms with Crippen molar-refractivity contribution in [2.75, 3.05) is 6.54 Å². The van der Waals surface area contributed by atoms with Crippen molar-refractivity contribution in [1.82, 2.24) is 20.2 Å². The topological polar surface area (TPSA) is 59.0 Å². The van der Waals surface area contributed by atoms with Crippen LogP contribution in [0.4, 0.5) is 4.79 Å². The number of hydrogen-bond donors (Lipinski definition) is 2. The van der Waals surface area contributed by atoms with Crippen molar-refractivity contribution >= 4 is 17.8 Å². The van der Waals surface area contributed by atoms with Gasteiger partial charge >= 0.3 is 6.03 Å². The lowest BCUT2D eigenvalue weighted by Crippen LogP contribution is -2.44. The molecule has 118 valence electrons. The van der Waals surface area contributed by atoms with Crippen LogP contribution in [0, 0.1) is 0 Å². The standard InChI is InChI=1S/C16H22N4OS/c1-13(11-20-9-8-17-12-20)19-16(21)18-10-14(2)22-15-6-4-3-5-7-15/h3-9,12-14H,10-11H2,1-2H3,(H2,18,19,21). The summed E-state index contributed by atoms with van der Waals surface area (Å²) in [5.41, 5.74) is 0. The molecule has 2 N–H and O–H groups in total. The Morgan fingerprint density at radius 2 is 2.09 bits per heavy atom. The van der Waals surface area contributed by atoms with Gasteiger partial charge in [-0.3, -0.25) is 0 Å². The first-order valence-electron chi connectivity index (χ1n) is 7.35. The highest BCUT2D eigenvalue weighted by Gasteiger charge is 2.10. The van der Waals surface area contributed by atoms with E-state index < -0.39 is 0 Å². The van der Waals surface area contributed by atoms with Crippen molar-refractivity contribution in [3.05, 3.63) is 49.1 Å². The Kier molecular flexibility index (Phi) is 6.33. The molecule has 1 aromatic carbocycles. The fourth-order valence-electron chi connectivity index (χ4n) is 2.04. The maximum absolute atomic E-state index is 11.9. The van der Waals surface area contributed by atoms with E-state index >= 15 is 0 Å². The third-order valence-electron chi connectivity index (χ3n) is 3.05. The molecule has 6 heteroatoms. The number of nitrogens with zero attached hydrogens (tertiary/aromatic N) is 2. The number of urea groups is 1. The number of amides is 2. The van der Waals surface area contributed by atoms with Crippen LogP contribution in [0.1, 0.15) is 13.8 Å². The van der Waals surface area contributed by atoms with Gasteiger partial charge in [-0.25, -0.2) is 9.78 Å². The van der Waals surface area contributed by atoms with E-state index in [1.54, 1.807) is 24.3 Å². The Morgan fingerprint density at radius 3 is 2.77 bits per heavy atom. The van der Waals surface area contributed by atoms with E-state index in [1.807, 2.05) is 35.9 Å². The van der Waals surface area contributed by atoms with Crippen molar-refractivity contribution in [3.8, 4) is 0 Å². The van der Waals surface area contributed by atoms with E-state index in [2.05, 4.69) is 34.7 Å². The van der Waals surface area contributed by atoms with Gasteiger partial charge in [0.25, 0.3) is 0 Å². The predicted octanol–water partition coefficient (Wildman–Crippen LogP) is 2.75. The number of carbonyl (C=O) groups is 1. The van der Waals surface area contributed by atoms with Crippen molar-refractivity contribution in [1.29, 1.82) is 0 Å². The van der Waals surface area contributed by atoms with Gasteiger partial charge in [0.2, 0.25) is 0 Å². The Hall–Kier alpha value is -1.95. The molecule has 0 saturated heterocycles. The number of rotatable bonds is 7. The summed E-state index contributed by atoms with van der Waals surface area (Å²) in [5.74, 6) is 0. The molecule has 2 rings (SSSR count). The molecular formula is C16H22N4OS. The van der Waals surface area contributed by atoms with Crippen molar-refractivity contribution < 1.29 is 4.79 Å². The molecule has 1 aromatic heterocycles. The van der Waals surface area contributed by atoms with E-state index in [1.165, 1.54) is 4.90 Å². The minimum Gasteiger partial charge on any atom is -0.337 e. The lowest BCUT2D eigenvalue weighted by molar-refractivity contribution is 0.236. The fourth-order valence-corrected chi connectivity index (χ4v) is 2.99. The first-order valence-corrected chi connectivity index (χ1v) is 8.23. The number of hydrogen-bond acceptors (Lipinski definition) is 3. The molecule has 0 aliphatic rings. The third-order valence-corrected chi connectivity index (χ3v) is 4.17. The third kappa shape index (κ3) is 5.81. The quantitative estimate of drug-likeness (QED) is 0.772. The van der Waals surface area contributed by atoms with Gasteiger partial charge in [0, 0.05) is 41.7 Å². The van der Waals surface area contributed by atoms with Crippen LogP contribution in [0.2, 0.25) is 0 Å². The summed E-state index contributed by atoms with van der Waals surface area (Å²) in [6, 6.07) is 10.1. The molecule has 0 aliphatic carbocycles. The lowest BCUT2D eigenvalue weighted by Gasteiger charge is -2.17. The number of imidazole rings is 1. The smallest absolute Gasteiger partial charge is 0.315 e. The van der Waals surface area contributed by atoms with Gasteiger partial charge in [-0.05, 0) is 19.1 Å². The molecule has 2 amide bonds. The first-order chi connectivity index (χ1) is 10.6. The number of aromatic nitrogens is 2. The summed E-state index contributed by atoms with van der Waals surface area (Å²) in [6.07, 6.45) is 5.36. The van der Waals surface area contributed by atoms with Crippen molar-refractivity contribution in [2.45, 2.75) is 36.6 Å². The molecule has 2 atom stereocenters. The van der Waals surface area contributed by atoms with Crippen LogP contribution >= 0.6 is 11.8 Å². The molecule has 5 nitrogen and oxygen atoms in total. The van der Waals surface area contributed by atoms with Crippen LogP contribution in [0.25, 0.3) is 0 Å². The minimum absolute atomic E-state index is 0.0475. The molecule has 0 saturated carbocycles. The monoisotopic (exact) mass is 318 g/mol. The SMILES string of the molecule is CC(Cn1ccnc1)NC(=O)NCC(C)Sc1ccccc1. The molecule has 2 unspecified atom stereocenters. The maximum atomic E-state index is 11.9. The zero-order valence-corrected chi connectivity index (χ0v) is 13.7. The lowest BCUT2D eigenvalue weighted by atomic mass is 10.3. The van der Waals surface area contributed by atoms with Crippen LogP contribution < -0.4 is 10.6 Å². The van der Waals surface area contributed by atoms with Crippen LogP contribution in [-0.2, 0) is 6.54 Å². The molecule has 22 heavy (non-hydrogen) atoms. The van der Waals surface area contributed by atoms with E-state index in [9.17, 15) is 4.79 Å². The van der Waals surface area contributed by atoms with Crippen LogP contribution in [0.3, 0.4) is 0 Å². The highest BCUT2D eigenvalue weighted by atomic mass is 32.2. The molecule has 2 aromatic rings. The number of benzene rings is 1. The van der Waals surface area contributed by atoms with Crippen LogP contribution in [-0.4, -0.2) is 33.4 Å². The van der Waals surface area contributed by atoms with Gasteiger partial charge in [-0.15, -0.1) is 11.8 Å². The molecule has 0 fully saturated rings. The number of carbonyl (C=O) groups excluding carboxylic acids is 1. The van der Waals surface area contributed by atoms with Crippen LogP contribution in [0.15, 0.2) is 53.9 Å². The van der Waals surface area contributed by atoms with Gasteiger partial charge in [0.05, 0.1) is 6.33 Å². The van der Waals surface area contributed by atoms with E-state index in [0.29, 0.717) is 18.3 Å². The van der Waals surface area contributed by atoms with Gasteiger partial charge in [-0.1, -0.05) is 25.1 Å². The van der Waals surface area contributed by atoms with Gasteiger partial charge < -0.3 is 15.2 Å². The van der Waals surface area contributed by atoms with Crippen molar-refractivity contribution in [3.63, 3.8) is 0 Å². The summed E-state index contributed by atoms with van der Waals surface area (Å²) in [7, 11) is 0. The average Bonchev–Trinajstić information content (AvgIpc) is 2.99. The Balaban J connectivity index is 1.66. The second-order valence-corrected chi connectivity index (χ2v) is 6.77. The fraction of sp³-hybridized carbons (Fsp3) is 0.375. The molecule has 0 bridgehead atoms. The molecule has 1 heterocycles. The van der Waals surface area contributed by atoms with E-state index in [0.717, 1.165) is 0 Å². The second-order valence-electron chi connectivity index (χ2n) is 5.26. The predicted molar refractivity (Wildman–Crippen MR) is 90.0 cm³/mol. The molecular weight excluding hydrogens is 296 g/mol. The minimum atomic E-state index is -0.131. The summed E-state index contributed by atoms with van der Waals surface area (Å²) >= 11 is 1.75. The Labute approximate surface area is 135 Å². The summed E-state index contributed by atoms with van der Waals surface area (Å²) in [4.78, 5) is 17.1. The van der Waals surface area contributed by atoms with Gasteiger partial charge in [0.15, 0.2) is 0 Å². The number of nitrogens with one attached hydrogen (secondary N) is 2. The molecule has 0 spiro atoms. The van der Waals surface area contributed by atoms with E-state index in [-0.39, 0.29) is 12.1 Å². The molecule has 0 aliphatic heterocycles. The van der Waals surface area contributed by atoms with Gasteiger partial charge in [0.1, 0.15) is 0 Å². The first kappa shape index (κ1) is 16.4. The summed E-state index contributed by atoms with van der Waals surface area (Å²) < 4.78 is 1.94. The van der Waals surface area contributed by atoms with E-state index in [4.69, 9.17) is 0 Å². The zero-order valence-electron chi connectivity index (χ0n) is 12.9. The Morgan fingerprint density at radius 1 is 1.32 bits per heavy atom. The Bertz CT molecular complexity index is 559. The summed E-state index contributed by atoms with van der Waals surface area (Å²) in [6.45, 7) is 5.42. The maximum Gasteiger partial charge on any atom is 0.315 e. The largest absolute Gasteiger partial charge is 0.337 e. The molecule has 0 radical (unpaired) electrons. The second kappa shape index (κ2) is 8.48. The zero-order chi connectivity index (χ0) is 15.8. The van der Waals surface area contributed by atoms with Crippen molar-refractivity contribution in [2.24, 2.45) is 0 Å². The number of thioether (sulfide) groups is 1. The average molecular weight is 318 g/mol.